The Balaban J connectivity index is 1.71. The van der Waals surface area contributed by atoms with Crippen LogP contribution in [-0.2, 0) is 13.6 Å². The first-order chi connectivity index (χ1) is 11.6. The number of carbonyl (C=O) groups is 1. The van der Waals surface area contributed by atoms with Crippen LogP contribution in [0.5, 0.6) is 0 Å². The molecule has 0 unspecified atom stereocenters. The van der Waals surface area contributed by atoms with E-state index in [1.165, 1.54) is 10.6 Å². The molecule has 0 saturated heterocycles. The van der Waals surface area contributed by atoms with Gasteiger partial charge in [0.05, 0.1) is 6.54 Å². The molecule has 0 saturated carbocycles. The van der Waals surface area contributed by atoms with E-state index < -0.39 is 5.91 Å². The second kappa shape index (κ2) is 6.41. The van der Waals surface area contributed by atoms with E-state index in [1.54, 1.807) is 38.5 Å². The molecule has 0 aliphatic carbocycles. The maximum absolute atomic E-state index is 12.1. The molecule has 0 bridgehead atoms. The van der Waals surface area contributed by atoms with Crippen LogP contribution in [0.4, 0.5) is 0 Å². The average Bonchev–Trinajstić information content (AvgIpc) is 3.07. The second-order valence-electron chi connectivity index (χ2n) is 5.02. The number of hydrogen-bond donors (Lipinski definition) is 1. The van der Waals surface area contributed by atoms with Crippen molar-refractivity contribution in [3.05, 3.63) is 58.1 Å². The molecule has 0 aliphatic heterocycles. The van der Waals surface area contributed by atoms with Crippen molar-refractivity contribution in [2.24, 2.45) is 7.05 Å². The van der Waals surface area contributed by atoms with Gasteiger partial charge >= 0.3 is 0 Å². The summed E-state index contributed by atoms with van der Waals surface area (Å²) in [6.07, 6.45) is 3.13. The Kier molecular flexibility index (Phi) is 4.15. The summed E-state index contributed by atoms with van der Waals surface area (Å²) in [6.45, 7) is 1.78. The Morgan fingerprint density at radius 1 is 1.25 bits per heavy atom. The second-order valence-corrected chi connectivity index (χ2v) is 5.02. The lowest BCUT2D eigenvalue weighted by Gasteiger charge is -2.06. The van der Waals surface area contributed by atoms with Gasteiger partial charge in [0.1, 0.15) is 5.56 Å². The maximum atomic E-state index is 12.1. The summed E-state index contributed by atoms with van der Waals surface area (Å²) >= 11 is 0. The third-order valence-corrected chi connectivity index (χ3v) is 3.43. The highest BCUT2D eigenvalue weighted by molar-refractivity contribution is 5.93. The van der Waals surface area contributed by atoms with Crippen molar-refractivity contribution < 1.29 is 9.32 Å². The predicted molar refractivity (Wildman–Crippen MR) is 82.9 cm³/mol. The van der Waals surface area contributed by atoms with Gasteiger partial charge in [0.2, 0.25) is 17.5 Å². The summed E-state index contributed by atoms with van der Waals surface area (Å²) in [7, 11) is 1.61. The van der Waals surface area contributed by atoms with Crippen molar-refractivity contribution in [1.29, 1.82) is 0 Å². The van der Waals surface area contributed by atoms with Crippen LogP contribution in [0.3, 0.4) is 0 Å². The van der Waals surface area contributed by atoms with Gasteiger partial charge in [0, 0.05) is 25.1 Å². The van der Waals surface area contributed by atoms with E-state index in [0.717, 1.165) is 5.69 Å². The molecule has 9 nitrogen and oxygen atoms in total. The first kappa shape index (κ1) is 15.5. The standard InChI is InChI=1S/C15H14N6O3/c1-9-4-5-10(15(23)21(9)2)14(22)18-8-11-19-13(20-24-11)12-16-6-3-7-17-12/h3-7H,8H2,1-2H3,(H,18,22). The van der Waals surface area contributed by atoms with Crippen LogP contribution in [-0.4, -0.2) is 30.6 Å². The van der Waals surface area contributed by atoms with Crippen LogP contribution in [0, 0.1) is 6.92 Å². The highest BCUT2D eigenvalue weighted by Gasteiger charge is 2.15. The summed E-state index contributed by atoms with van der Waals surface area (Å²) in [4.78, 5) is 36.3. The minimum atomic E-state index is -0.508. The van der Waals surface area contributed by atoms with E-state index in [9.17, 15) is 9.59 Å². The van der Waals surface area contributed by atoms with Crippen LogP contribution in [0.2, 0.25) is 0 Å². The lowest BCUT2D eigenvalue weighted by Crippen LogP contribution is -2.32. The first-order valence-electron chi connectivity index (χ1n) is 7.11. The number of carbonyl (C=O) groups excluding carboxylic acids is 1. The van der Waals surface area contributed by atoms with Crippen molar-refractivity contribution in [2.45, 2.75) is 13.5 Å². The van der Waals surface area contributed by atoms with Gasteiger partial charge in [-0.1, -0.05) is 5.16 Å². The Morgan fingerprint density at radius 2 is 2.00 bits per heavy atom. The number of aromatic nitrogens is 5. The number of pyridine rings is 1. The lowest BCUT2D eigenvalue weighted by atomic mass is 10.2. The lowest BCUT2D eigenvalue weighted by molar-refractivity contribution is 0.0944. The molecular formula is C15H14N6O3. The molecule has 3 rings (SSSR count). The molecule has 1 amide bonds. The van der Waals surface area contributed by atoms with Crippen molar-refractivity contribution in [2.75, 3.05) is 0 Å². The van der Waals surface area contributed by atoms with E-state index >= 15 is 0 Å². The zero-order chi connectivity index (χ0) is 17.1. The summed E-state index contributed by atoms with van der Waals surface area (Å²) in [5.74, 6) is 0.235. The molecule has 0 spiro atoms. The van der Waals surface area contributed by atoms with E-state index in [2.05, 4.69) is 25.4 Å². The molecule has 3 aromatic heterocycles. The number of aryl methyl sites for hydroxylation is 1. The highest BCUT2D eigenvalue weighted by atomic mass is 16.5. The largest absolute Gasteiger partial charge is 0.343 e. The van der Waals surface area contributed by atoms with Crippen molar-refractivity contribution in [3.63, 3.8) is 0 Å². The maximum Gasteiger partial charge on any atom is 0.263 e. The van der Waals surface area contributed by atoms with Crippen LogP contribution < -0.4 is 10.9 Å². The number of nitrogens with zero attached hydrogens (tertiary/aromatic N) is 5. The molecule has 0 aromatic carbocycles. The van der Waals surface area contributed by atoms with Crippen molar-refractivity contribution in [1.82, 2.24) is 30.0 Å². The molecule has 0 fully saturated rings. The first-order valence-corrected chi connectivity index (χ1v) is 7.11. The van der Waals surface area contributed by atoms with Crippen LogP contribution in [0.15, 0.2) is 39.9 Å². The van der Waals surface area contributed by atoms with Gasteiger partial charge in [0.25, 0.3) is 11.5 Å². The quantitative estimate of drug-likeness (QED) is 0.740. The zero-order valence-electron chi connectivity index (χ0n) is 13.1. The molecule has 3 aromatic rings. The number of amides is 1. The van der Waals surface area contributed by atoms with E-state index in [1.807, 2.05) is 0 Å². The predicted octanol–water partition coefficient (Wildman–Crippen LogP) is 0.464. The molecule has 3 heterocycles. The summed E-state index contributed by atoms with van der Waals surface area (Å²) < 4.78 is 6.45. The molecular weight excluding hydrogens is 312 g/mol. The van der Waals surface area contributed by atoms with Crippen LogP contribution in [0.25, 0.3) is 11.6 Å². The Morgan fingerprint density at radius 3 is 2.75 bits per heavy atom. The molecule has 0 atom stereocenters. The van der Waals surface area contributed by atoms with Crippen molar-refractivity contribution in [3.8, 4) is 11.6 Å². The number of nitrogens with one attached hydrogen (secondary N) is 1. The highest BCUT2D eigenvalue weighted by Crippen LogP contribution is 2.08. The smallest absolute Gasteiger partial charge is 0.263 e. The normalized spacial score (nSPS) is 10.6. The van der Waals surface area contributed by atoms with Gasteiger partial charge in [-0.25, -0.2) is 9.97 Å². The average molecular weight is 326 g/mol. The van der Waals surface area contributed by atoms with E-state index in [0.29, 0.717) is 5.82 Å². The van der Waals surface area contributed by atoms with E-state index in [-0.39, 0.29) is 29.4 Å². The molecule has 0 radical (unpaired) electrons. The monoisotopic (exact) mass is 326 g/mol. The fourth-order valence-electron chi connectivity index (χ4n) is 1.98. The number of rotatable bonds is 4. The summed E-state index contributed by atoms with van der Waals surface area (Å²) in [5, 5.41) is 6.33. The topological polar surface area (TPSA) is 116 Å². The molecule has 9 heteroatoms. The van der Waals surface area contributed by atoms with Gasteiger partial charge in [-0.15, -0.1) is 0 Å². The minimum absolute atomic E-state index is 0.00427. The van der Waals surface area contributed by atoms with E-state index in [4.69, 9.17) is 4.52 Å². The summed E-state index contributed by atoms with van der Waals surface area (Å²) in [5.41, 5.74) is 0.451. The van der Waals surface area contributed by atoms with Gasteiger partial charge in [0.15, 0.2) is 0 Å². The van der Waals surface area contributed by atoms with Crippen LogP contribution >= 0.6 is 0 Å². The molecule has 1 N–H and O–H groups in total. The Hall–Kier alpha value is -3.36. The summed E-state index contributed by atoms with van der Waals surface area (Å²) in [6, 6.07) is 4.87. The van der Waals surface area contributed by atoms with Gasteiger partial charge in [-0.05, 0) is 25.1 Å². The fraction of sp³-hybridized carbons (Fsp3) is 0.200. The fourth-order valence-corrected chi connectivity index (χ4v) is 1.98. The zero-order valence-corrected chi connectivity index (χ0v) is 13.1. The number of hydrogen-bond acceptors (Lipinski definition) is 7. The van der Waals surface area contributed by atoms with Gasteiger partial charge in [-0.2, -0.15) is 4.98 Å². The van der Waals surface area contributed by atoms with Gasteiger partial charge in [-0.3, -0.25) is 9.59 Å². The van der Waals surface area contributed by atoms with Gasteiger partial charge < -0.3 is 14.4 Å². The SMILES string of the molecule is Cc1ccc(C(=O)NCc2nc(-c3ncccn3)no2)c(=O)n1C. The Bertz CT molecular complexity index is 932. The van der Waals surface area contributed by atoms with Crippen molar-refractivity contribution >= 4 is 5.91 Å². The minimum Gasteiger partial charge on any atom is -0.343 e. The Labute approximate surface area is 136 Å². The third kappa shape index (κ3) is 3.05. The third-order valence-electron chi connectivity index (χ3n) is 3.43. The molecule has 0 aliphatic rings. The van der Waals surface area contributed by atoms with Crippen LogP contribution in [0.1, 0.15) is 21.9 Å². The molecule has 24 heavy (non-hydrogen) atoms. The molecule has 122 valence electrons.